The van der Waals surface area contributed by atoms with Gasteiger partial charge in [-0.3, -0.25) is 0 Å². The Kier molecular flexibility index (Phi) is 3.02. The molecule has 0 aromatic heterocycles. The summed E-state index contributed by atoms with van der Waals surface area (Å²) in [4.78, 5) is 4.66. The predicted molar refractivity (Wildman–Crippen MR) is 78.9 cm³/mol. The van der Waals surface area contributed by atoms with Crippen molar-refractivity contribution in [2.75, 3.05) is 0 Å². The molecule has 1 unspecified atom stereocenters. The van der Waals surface area contributed by atoms with E-state index in [2.05, 4.69) is 4.99 Å². The molecule has 0 bridgehead atoms. The minimum Gasteiger partial charge on any atom is -0.383 e. The van der Waals surface area contributed by atoms with Gasteiger partial charge in [0, 0.05) is 5.56 Å². The van der Waals surface area contributed by atoms with Gasteiger partial charge in [-0.25, -0.2) is 4.99 Å². The molecule has 1 aliphatic carbocycles. The number of aliphatic imine (C=N–C) groups is 1. The number of fused-ring (bicyclic) bond motifs is 1. The third kappa shape index (κ3) is 2.23. The van der Waals surface area contributed by atoms with Crippen molar-refractivity contribution in [3.8, 4) is 0 Å². The molecule has 1 aliphatic rings. The van der Waals surface area contributed by atoms with E-state index in [1.807, 2.05) is 61.5 Å². The highest BCUT2D eigenvalue weighted by Gasteiger charge is 2.19. The molecule has 2 heteroatoms. The Bertz CT molecular complexity index is 670. The van der Waals surface area contributed by atoms with Crippen LogP contribution in [0.5, 0.6) is 0 Å². The Hall–Kier alpha value is -2.19. The summed E-state index contributed by atoms with van der Waals surface area (Å²) in [7, 11) is 0. The lowest BCUT2D eigenvalue weighted by Gasteiger charge is -2.18. The van der Waals surface area contributed by atoms with E-state index in [0.717, 1.165) is 22.4 Å². The van der Waals surface area contributed by atoms with Crippen LogP contribution in [0.3, 0.4) is 0 Å². The van der Waals surface area contributed by atoms with Gasteiger partial charge in [0.2, 0.25) is 0 Å². The third-order valence-electron chi connectivity index (χ3n) is 3.33. The van der Waals surface area contributed by atoms with Crippen LogP contribution in [0.1, 0.15) is 16.7 Å². The molecule has 0 saturated heterocycles. The summed E-state index contributed by atoms with van der Waals surface area (Å²) < 4.78 is 0. The standard InChI is InChI=1S/C17H15NO/c1-12-6-2-5-9-15(12)18-17-14-8-4-3-7-13(14)10-11-16(17)19/h2-11,16,19H,1H3. The molecule has 0 saturated carbocycles. The second-order valence-corrected chi connectivity index (χ2v) is 4.67. The monoisotopic (exact) mass is 249 g/mol. The van der Waals surface area contributed by atoms with Crippen LogP contribution >= 0.6 is 0 Å². The van der Waals surface area contributed by atoms with Gasteiger partial charge in [0.25, 0.3) is 0 Å². The number of hydrogen-bond donors (Lipinski definition) is 1. The van der Waals surface area contributed by atoms with E-state index in [-0.39, 0.29) is 0 Å². The molecule has 2 aromatic rings. The van der Waals surface area contributed by atoms with Gasteiger partial charge in [-0.15, -0.1) is 0 Å². The first-order chi connectivity index (χ1) is 9.25. The summed E-state index contributed by atoms with van der Waals surface area (Å²) in [5.74, 6) is 0. The average Bonchev–Trinajstić information content (AvgIpc) is 2.44. The normalized spacial score (nSPS) is 19.5. The minimum absolute atomic E-state index is 0.644. The summed E-state index contributed by atoms with van der Waals surface area (Å²) in [6.45, 7) is 2.02. The van der Waals surface area contributed by atoms with Crippen molar-refractivity contribution < 1.29 is 5.11 Å². The van der Waals surface area contributed by atoms with Crippen LogP contribution < -0.4 is 0 Å². The van der Waals surface area contributed by atoms with E-state index < -0.39 is 6.10 Å². The zero-order valence-corrected chi connectivity index (χ0v) is 10.7. The van der Waals surface area contributed by atoms with Gasteiger partial charge in [-0.1, -0.05) is 48.5 Å². The quantitative estimate of drug-likeness (QED) is 0.824. The van der Waals surface area contributed by atoms with Gasteiger partial charge >= 0.3 is 0 Å². The number of aryl methyl sites for hydroxylation is 1. The fourth-order valence-electron chi connectivity index (χ4n) is 2.27. The molecule has 1 atom stereocenters. The van der Waals surface area contributed by atoms with Crippen molar-refractivity contribution in [1.82, 2.24) is 0 Å². The molecule has 0 aliphatic heterocycles. The zero-order chi connectivity index (χ0) is 13.2. The topological polar surface area (TPSA) is 32.6 Å². The van der Waals surface area contributed by atoms with Crippen molar-refractivity contribution in [3.63, 3.8) is 0 Å². The van der Waals surface area contributed by atoms with Gasteiger partial charge < -0.3 is 5.11 Å². The van der Waals surface area contributed by atoms with Crippen LogP contribution in [0.15, 0.2) is 59.6 Å². The van der Waals surface area contributed by atoms with Gasteiger partial charge in [0.05, 0.1) is 11.4 Å². The maximum Gasteiger partial charge on any atom is 0.115 e. The molecule has 0 amide bonds. The van der Waals surface area contributed by atoms with E-state index >= 15 is 0 Å². The Balaban J connectivity index is 2.14. The van der Waals surface area contributed by atoms with Crippen molar-refractivity contribution in [1.29, 1.82) is 0 Å². The minimum atomic E-state index is -0.644. The molecule has 0 radical (unpaired) electrons. The lowest BCUT2D eigenvalue weighted by atomic mass is 9.93. The highest BCUT2D eigenvalue weighted by Crippen LogP contribution is 2.24. The molecular formula is C17H15NO. The van der Waals surface area contributed by atoms with Crippen LogP contribution in [-0.2, 0) is 0 Å². The maximum absolute atomic E-state index is 10.2. The van der Waals surface area contributed by atoms with E-state index in [1.54, 1.807) is 6.08 Å². The Morgan fingerprint density at radius 3 is 2.58 bits per heavy atom. The Morgan fingerprint density at radius 2 is 1.74 bits per heavy atom. The Morgan fingerprint density at radius 1 is 1.00 bits per heavy atom. The molecule has 0 heterocycles. The first kappa shape index (κ1) is 11.9. The van der Waals surface area contributed by atoms with Crippen LogP contribution in [0.25, 0.3) is 6.08 Å². The average molecular weight is 249 g/mol. The van der Waals surface area contributed by atoms with E-state index in [9.17, 15) is 5.11 Å². The van der Waals surface area contributed by atoms with E-state index in [4.69, 9.17) is 0 Å². The summed E-state index contributed by atoms with van der Waals surface area (Å²) in [5.41, 5.74) is 4.82. The lowest BCUT2D eigenvalue weighted by Crippen LogP contribution is -2.22. The Labute approximate surface area is 112 Å². The number of nitrogens with zero attached hydrogens (tertiary/aromatic N) is 1. The van der Waals surface area contributed by atoms with Gasteiger partial charge in [-0.05, 0) is 30.2 Å². The maximum atomic E-state index is 10.2. The molecule has 0 spiro atoms. The number of rotatable bonds is 1. The predicted octanol–water partition coefficient (Wildman–Crippen LogP) is 3.50. The van der Waals surface area contributed by atoms with Crippen LogP contribution in [-0.4, -0.2) is 16.9 Å². The molecule has 1 N–H and O–H groups in total. The summed E-state index contributed by atoms with van der Waals surface area (Å²) in [6.07, 6.45) is 3.07. The number of para-hydroxylation sites is 1. The highest BCUT2D eigenvalue weighted by atomic mass is 16.3. The van der Waals surface area contributed by atoms with Crippen LogP contribution in [0, 0.1) is 6.92 Å². The molecule has 94 valence electrons. The zero-order valence-electron chi connectivity index (χ0n) is 10.7. The van der Waals surface area contributed by atoms with Gasteiger partial charge in [0.1, 0.15) is 6.10 Å². The largest absolute Gasteiger partial charge is 0.383 e. The summed E-state index contributed by atoms with van der Waals surface area (Å²) in [5, 5.41) is 10.2. The number of hydrogen-bond acceptors (Lipinski definition) is 2. The molecule has 0 fully saturated rings. The molecule has 2 nitrogen and oxygen atoms in total. The highest BCUT2D eigenvalue weighted by molar-refractivity contribution is 6.10. The number of benzene rings is 2. The SMILES string of the molecule is Cc1ccccc1N=C1c2ccccc2C=CC1O. The summed E-state index contributed by atoms with van der Waals surface area (Å²) >= 11 is 0. The van der Waals surface area contributed by atoms with Gasteiger partial charge in [0.15, 0.2) is 0 Å². The number of aliphatic hydroxyl groups is 1. The van der Waals surface area contributed by atoms with Gasteiger partial charge in [-0.2, -0.15) is 0 Å². The van der Waals surface area contributed by atoms with E-state index in [0.29, 0.717) is 5.71 Å². The fraction of sp³-hybridized carbons (Fsp3) is 0.118. The molecule has 2 aromatic carbocycles. The number of aliphatic hydroxyl groups excluding tert-OH is 1. The van der Waals surface area contributed by atoms with Crippen LogP contribution in [0.2, 0.25) is 0 Å². The second kappa shape index (κ2) is 4.82. The fourth-order valence-corrected chi connectivity index (χ4v) is 2.27. The lowest BCUT2D eigenvalue weighted by molar-refractivity contribution is 0.289. The van der Waals surface area contributed by atoms with Crippen molar-refractivity contribution >= 4 is 17.5 Å². The first-order valence-corrected chi connectivity index (χ1v) is 6.35. The third-order valence-corrected chi connectivity index (χ3v) is 3.33. The van der Waals surface area contributed by atoms with E-state index in [1.165, 1.54) is 0 Å². The molecular weight excluding hydrogens is 234 g/mol. The van der Waals surface area contributed by atoms with Crippen molar-refractivity contribution in [2.45, 2.75) is 13.0 Å². The molecule has 19 heavy (non-hydrogen) atoms. The second-order valence-electron chi connectivity index (χ2n) is 4.67. The molecule has 3 rings (SSSR count). The van der Waals surface area contributed by atoms with Crippen molar-refractivity contribution in [3.05, 3.63) is 71.3 Å². The van der Waals surface area contributed by atoms with Crippen molar-refractivity contribution in [2.24, 2.45) is 4.99 Å². The van der Waals surface area contributed by atoms with Crippen LogP contribution in [0.4, 0.5) is 5.69 Å². The first-order valence-electron chi connectivity index (χ1n) is 6.35. The smallest absolute Gasteiger partial charge is 0.115 e. The summed E-state index contributed by atoms with van der Waals surface area (Å²) in [6, 6.07) is 15.9.